The SMILES string of the molecule is Cc1c(CNCC2CC2)cc(C(=O)NCc2ccc(S(C)(=O)=O)cc2)c(=O)n1-c1cccc(C(F)(F)F)c1. The van der Waals surface area contributed by atoms with Gasteiger partial charge < -0.3 is 10.6 Å². The van der Waals surface area contributed by atoms with Crippen molar-refractivity contribution >= 4 is 15.7 Å². The molecule has 1 heterocycles. The van der Waals surface area contributed by atoms with Crippen LogP contribution in [0.4, 0.5) is 13.2 Å². The number of benzene rings is 2. The van der Waals surface area contributed by atoms with Gasteiger partial charge in [0.05, 0.1) is 10.5 Å². The van der Waals surface area contributed by atoms with Gasteiger partial charge in [0, 0.05) is 30.7 Å². The summed E-state index contributed by atoms with van der Waals surface area (Å²) in [6.07, 6.45) is -1.24. The Hall–Kier alpha value is -3.44. The summed E-state index contributed by atoms with van der Waals surface area (Å²) in [7, 11) is -3.37. The number of hydrogen-bond acceptors (Lipinski definition) is 5. The second-order valence-corrected chi connectivity index (χ2v) is 11.5. The van der Waals surface area contributed by atoms with Crippen LogP contribution in [0.25, 0.3) is 5.69 Å². The van der Waals surface area contributed by atoms with E-state index in [9.17, 15) is 31.2 Å². The highest BCUT2D eigenvalue weighted by Gasteiger charge is 2.31. The molecule has 1 amide bonds. The first kappa shape index (κ1) is 27.6. The molecule has 0 spiro atoms. The molecular formula is C27H28F3N3O4S. The van der Waals surface area contributed by atoms with Crippen LogP contribution in [0.5, 0.6) is 0 Å². The highest BCUT2D eigenvalue weighted by Crippen LogP contribution is 2.31. The van der Waals surface area contributed by atoms with Gasteiger partial charge in [0.25, 0.3) is 11.5 Å². The second kappa shape index (κ2) is 10.7. The molecule has 202 valence electrons. The smallest absolute Gasteiger partial charge is 0.348 e. The van der Waals surface area contributed by atoms with E-state index in [1.807, 2.05) is 0 Å². The monoisotopic (exact) mass is 547 g/mol. The number of alkyl halides is 3. The van der Waals surface area contributed by atoms with E-state index in [1.165, 1.54) is 30.3 Å². The highest BCUT2D eigenvalue weighted by atomic mass is 32.2. The zero-order valence-corrected chi connectivity index (χ0v) is 21.7. The van der Waals surface area contributed by atoms with Crippen LogP contribution in [0.1, 0.15) is 45.6 Å². The number of halogens is 3. The molecule has 3 aromatic rings. The van der Waals surface area contributed by atoms with Gasteiger partial charge in [-0.1, -0.05) is 18.2 Å². The summed E-state index contributed by atoms with van der Waals surface area (Å²) in [5.74, 6) is -0.104. The van der Waals surface area contributed by atoms with Crippen molar-refractivity contribution in [1.29, 1.82) is 0 Å². The fourth-order valence-corrected chi connectivity index (χ4v) is 4.73. The Balaban J connectivity index is 1.66. The molecule has 0 unspecified atom stereocenters. The molecule has 7 nitrogen and oxygen atoms in total. The number of sulfone groups is 1. The van der Waals surface area contributed by atoms with Crippen molar-refractivity contribution in [3.8, 4) is 5.69 Å². The predicted octanol–water partition coefficient (Wildman–Crippen LogP) is 4.00. The van der Waals surface area contributed by atoms with Gasteiger partial charge in [-0.3, -0.25) is 14.2 Å². The van der Waals surface area contributed by atoms with Crippen LogP contribution < -0.4 is 16.2 Å². The lowest BCUT2D eigenvalue weighted by molar-refractivity contribution is -0.137. The first-order valence-corrected chi connectivity index (χ1v) is 13.9. The molecule has 0 aliphatic heterocycles. The van der Waals surface area contributed by atoms with Crippen LogP contribution in [0, 0.1) is 12.8 Å². The number of amides is 1. The average molecular weight is 548 g/mol. The van der Waals surface area contributed by atoms with Crippen LogP contribution in [-0.4, -0.2) is 31.7 Å². The van der Waals surface area contributed by atoms with Gasteiger partial charge in [-0.15, -0.1) is 0 Å². The summed E-state index contributed by atoms with van der Waals surface area (Å²) in [5.41, 5.74) is -0.168. The Labute approximate surface area is 218 Å². The van der Waals surface area contributed by atoms with Crippen LogP contribution in [0.15, 0.2) is 64.3 Å². The number of rotatable bonds is 9. The van der Waals surface area contributed by atoms with E-state index in [-0.39, 0.29) is 22.7 Å². The Morgan fingerprint density at radius 2 is 1.74 bits per heavy atom. The third kappa shape index (κ3) is 6.51. The lowest BCUT2D eigenvalue weighted by Crippen LogP contribution is -2.34. The van der Waals surface area contributed by atoms with Gasteiger partial charge in [0.15, 0.2) is 9.84 Å². The third-order valence-electron chi connectivity index (χ3n) is 6.48. The van der Waals surface area contributed by atoms with Crippen LogP contribution in [0.2, 0.25) is 0 Å². The number of aromatic nitrogens is 1. The molecule has 11 heteroatoms. The summed E-state index contributed by atoms with van der Waals surface area (Å²) in [6.45, 7) is 2.78. The normalized spacial score (nSPS) is 13.9. The fraction of sp³-hybridized carbons (Fsp3) is 0.333. The lowest BCUT2D eigenvalue weighted by Gasteiger charge is -2.18. The molecule has 1 fully saturated rings. The summed E-state index contributed by atoms with van der Waals surface area (Å²) in [4.78, 5) is 26.7. The summed E-state index contributed by atoms with van der Waals surface area (Å²) in [5, 5.41) is 5.96. The lowest BCUT2D eigenvalue weighted by atomic mass is 10.1. The predicted molar refractivity (Wildman–Crippen MR) is 137 cm³/mol. The molecule has 2 aromatic carbocycles. The Morgan fingerprint density at radius 3 is 2.34 bits per heavy atom. The molecule has 0 bridgehead atoms. The minimum absolute atomic E-state index is 0.0109. The molecule has 1 aliphatic rings. The molecular weight excluding hydrogens is 519 g/mol. The van der Waals surface area contributed by atoms with Gasteiger partial charge in [-0.2, -0.15) is 13.2 Å². The largest absolute Gasteiger partial charge is 0.416 e. The van der Waals surface area contributed by atoms with Crippen molar-refractivity contribution in [3.63, 3.8) is 0 Å². The van der Waals surface area contributed by atoms with Gasteiger partial charge in [-0.05, 0) is 79.8 Å². The fourth-order valence-electron chi connectivity index (χ4n) is 4.10. The number of nitrogens with zero attached hydrogens (tertiary/aromatic N) is 1. The maximum absolute atomic E-state index is 13.4. The Bertz CT molecular complexity index is 1510. The van der Waals surface area contributed by atoms with E-state index in [0.29, 0.717) is 29.3 Å². The minimum Gasteiger partial charge on any atom is -0.348 e. The van der Waals surface area contributed by atoms with Crippen LogP contribution in [0.3, 0.4) is 0 Å². The van der Waals surface area contributed by atoms with E-state index in [0.717, 1.165) is 42.3 Å². The van der Waals surface area contributed by atoms with Crippen molar-refractivity contribution in [2.24, 2.45) is 5.92 Å². The molecule has 4 rings (SSSR count). The van der Waals surface area contributed by atoms with E-state index in [2.05, 4.69) is 10.6 Å². The van der Waals surface area contributed by atoms with Crippen molar-refractivity contribution in [2.45, 2.75) is 43.9 Å². The van der Waals surface area contributed by atoms with E-state index in [1.54, 1.807) is 19.1 Å². The van der Waals surface area contributed by atoms with E-state index in [4.69, 9.17) is 0 Å². The number of hydrogen-bond donors (Lipinski definition) is 2. The number of nitrogens with one attached hydrogen (secondary N) is 2. The molecule has 0 atom stereocenters. The van der Waals surface area contributed by atoms with Crippen LogP contribution in [-0.2, 0) is 29.1 Å². The zero-order chi connectivity index (χ0) is 27.7. The molecule has 1 saturated carbocycles. The van der Waals surface area contributed by atoms with Crippen molar-refractivity contribution in [1.82, 2.24) is 15.2 Å². The highest BCUT2D eigenvalue weighted by molar-refractivity contribution is 7.90. The summed E-state index contributed by atoms with van der Waals surface area (Å²) >= 11 is 0. The average Bonchev–Trinajstić information content (AvgIpc) is 3.68. The van der Waals surface area contributed by atoms with Crippen molar-refractivity contribution in [3.05, 3.63) is 92.9 Å². The van der Waals surface area contributed by atoms with Gasteiger partial charge in [0.2, 0.25) is 0 Å². The van der Waals surface area contributed by atoms with Gasteiger partial charge in [0.1, 0.15) is 5.56 Å². The number of carbonyl (C=O) groups is 1. The summed E-state index contributed by atoms with van der Waals surface area (Å²) < 4.78 is 64.6. The van der Waals surface area contributed by atoms with Crippen molar-refractivity contribution < 1.29 is 26.4 Å². The molecule has 1 aliphatic carbocycles. The van der Waals surface area contributed by atoms with E-state index >= 15 is 0 Å². The number of pyridine rings is 1. The zero-order valence-electron chi connectivity index (χ0n) is 20.9. The van der Waals surface area contributed by atoms with Gasteiger partial charge in [-0.25, -0.2) is 8.42 Å². The molecule has 38 heavy (non-hydrogen) atoms. The maximum Gasteiger partial charge on any atom is 0.416 e. The standard InChI is InChI=1S/C27H28F3N3O4S/c1-17-20(16-31-14-18-6-7-18)12-24(25(34)32-15-19-8-10-23(11-9-19)38(2,36)37)26(35)33(17)22-5-3-4-21(13-22)27(28,29)30/h3-5,8-13,18,31H,6-7,14-16H2,1-2H3,(H,32,34). The van der Waals surface area contributed by atoms with Crippen LogP contribution >= 0.6 is 0 Å². The maximum atomic E-state index is 13.4. The quantitative estimate of drug-likeness (QED) is 0.422. The molecule has 0 radical (unpaired) electrons. The molecule has 2 N–H and O–H groups in total. The minimum atomic E-state index is -4.59. The second-order valence-electron chi connectivity index (χ2n) is 9.53. The molecule has 0 saturated heterocycles. The topological polar surface area (TPSA) is 97.3 Å². The Kier molecular flexibility index (Phi) is 7.80. The van der Waals surface area contributed by atoms with E-state index < -0.39 is 33.0 Å². The third-order valence-corrected chi connectivity index (χ3v) is 7.61. The first-order chi connectivity index (χ1) is 17.8. The van der Waals surface area contributed by atoms with Gasteiger partial charge >= 0.3 is 6.18 Å². The van der Waals surface area contributed by atoms with Crippen molar-refractivity contribution in [2.75, 3.05) is 12.8 Å². The number of carbonyl (C=O) groups excluding carboxylic acids is 1. The first-order valence-electron chi connectivity index (χ1n) is 12.1. The summed E-state index contributed by atoms with van der Waals surface area (Å²) in [6, 6.07) is 11.9. The molecule has 1 aromatic heterocycles. The Morgan fingerprint density at radius 1 is 1.05 bits per heavy atom.